The van der Waals surface area contributed by atoms with Crippen LogP contribution in [-0.4, -0.2) is 45.9 Å². The van der Waals surface area contributed by atoms with Gasteiger partial charge in [-0.1, -0.05) is 0 Å². The Labute approximate surface area is 117 Å². The highest BCUT2D eigenvalue weighted by atomic mass is 16.2. The molecule has 3 N–H and O–H groups in total. The van der Waals surface area contributed by atoms with Crippen molar-refractivity contribution >= 4 is 17.8 Å². The van der Waals surface area contributed by atoms with Crippen molar-refractivity contribution in [3.63, 3.8) is 0 Å². The molecule has 7 heteroatoms. The Morgan fingerprint density at radius 3 is 2.95 bits per heavy atom. The van der Waals surface area contributed by atoms with Crippen LogP contribution < -0.4 is 11.1 Å². The molecule has 20 heavy (non-hydrogen) atoms. The lowest BCUT2D eigenvalue weighted by atomic mass is 9.97. The maximum absolute atomic E-state index is 12.5. The number of primary amides is 1. The number of hydrogen-bond donors (Lipinski definition) is 2. The van der Waals surface area contributed by atoms with E-state index in [9.17, 15) is 9.59 Å². The summed E-state index contributed by atoms with van der Waals surface area (Å²) < 4.78 is 1.96. The molecule has 1 aromatic heterocycles. The number of nitrogens with two attached hydrogens (primary N) is 1. The van der Waals surface area contributed by atoms with Crippen molar-refractivity contribution in [2.24, 2.45) is 11.7 Å². The highest BCUT2D eigenvalue weighted by Crippen LogP contribution is 2.20. The molecule has 2 aliphatic rings. The second kappa shape index (κ2) is 5.15. The van der Waals surface area contributed by atoms with Crippen LogP contribution in [0.4, 0.5) is 5.95 Å². The summed E-state index contributed by atoms with van der Waals surface area (Å²) in [7, 11) is 0. The van der Waals surface area contributed by atoms with E-state index < -0.39 is 0 Å². The minimum Gasteiger partial charge on any atom is -0.369 e. The summed E-state index contributed by atoms with van der Waals surface area (Å²) in [6, 6.07) is 0. The highest BCUT2D eigenvalue weighted by molar-refractivity contribution is 5.93. The van der Waals surface area contributed by atoms with E-state index in [-0.39, 0.29) is 17.7 Å². The van der Waals surface area contributed by atoms with Gasteiger partial charge in [0.1, 0.15) is 5.69 Å². The lowest BCUT2D eigenvalue weighted by Gasteiger charge is -2.30. The fraction of sp³-hybridized carbons (Fsp3) is 0.615. The van der Waals surface area contributed by atoms with Crippen LogP contribution in [0.2, 0.25) is 0 Å². The molecule has 0 aliphatic carbocycles. The first-order valence-electron chi connectivity index (χ1n) is 7.05. The number of aromatic nitrogens is 2. The van der Waals surface area contributed by atoms with Crippen molar-refractivity contribution in [1.29, 1.82) is 0 Å². The molecule has 7 nitrogen and oxygen atoms in total. The Hall–Kier alpha value is -2.05. The van der Waals surface area contributed by atoms with Gasteiger partial charge in [-0.25, -0.2) is 4.98 Å². The summed E-state index contributed by atoms with van der Waals surface area (Å²) in [5, 5.41) is 3.17. The van der Waals surface area contributed by atoms with Gasteiger partial charge in [-0.2, -0.15) is 0 Å². The van der Waals surface area contributed by atoms with Gasteiger partial charge in [0.15, 0.2) is 0 Å². The molecule has 0 bridgehead atoms. The zero-order chi connectivity index (χ0) is 14.1. The van der Waals surface area contributed by atoms with Crippen molar-refractivity contribution in [3.8, 4) is 0 Å². The molecule has 0 aromatic carbocycles. The molecule has 3 heterocycles. The van der Waals surface area contributed by atoms with Crippen molar-refractivity contribution < 1.29 is 9.59 Å². The van der Waals surface area contributed by atoms with E-state index in [0.717, 1.165) is 38.3 Å². The number of aryl methyl sites for hydroxylation is 1. The fourth-order valence-corrected chi connectivity index (χ4v) is 2.84. The monoisotopic (exact) mass is 277 g/mol. The second-order valence-corrected chi connectivity index (χ2v) is 5.42. The molecular weight excluding hydrogens is 258 g/mol. The Bertz CT molecular complexity index is 515. The number of anilines is 1. The van der Waals surface area contributed by atoms with Gasteiger partial charge in [-0.3, -0.25) is 9.59 Å². The molecular formula is C13H19N5O2. The summed E-state index contributed by atoms with van der Waals surface area (Å²) in [6.45, 7) is 2.84. The minimum atomic E-state index is -0.326. The van der Waals surface area contributed by atoms with Gasteiger partial charge in [0.05, 0.1) is 5.92 Å². The molecule has 1 fully saturated rings. The average Bonchev–Trinajstić information content (AvgIpc) is 2.90. The van der Waals surface area contributed by atoms with E-state index in [1.54, 1.807) is 11.1 Å². The summed E-state index contributed by atoms with van der Waals surface area (Å²) in [5.74, 6) is 0.0825. The van der Waals surface area contributed by atoms with Gasteiger partial charge in [-0.15, -0.1) is 0 Å². The molecule has 1 unspecified atom stereocenters. The van der Waals surface area contributed by atoms with Crippen LogP contribution in [0.1, 0.15) is 29.8 Å². The molecule has 2 aliphatic heterocycles. The van der Waals surface area contributed by atoms with Crippen molar-refractivity contribution in [2.75, 3.05) is 25.0 Å². The third kappa shape index (κ3) is 2.35. The number of likely N-dealkylation sites (tertiary alicyclic amines) is 1. The van der Waals surface area contributed by atoms with Gasteiger partial charge in [0.25, 0.3) is 5.91 Å². The van der Waals surface area contributed by atoms with Crippen LogP contribution in [0, 0.1) is 5.92 Å². The normalized spacial score (nSPS) is 22.0. The Kier molecular flexibility index (Phi) is 3.33. The number of carbonyl (C=O) groups is 2. The summed E-state index contributed by atoms with van der Waals surface area (Å²) in [5.41, 5.74) is 5.79. The Morgan fingerprint density at radius 2 is 2.20 bits per heavy atom. The van der Waals surface area contributed by atoms with Crippen LogP contribution in [0.15, 0.2) is 6.20 Å². The van der Waals surface area contributed by atoms with Crippen LogP contribution >= 0.6 is 0 Å². The van der Waals surface area contributed by atoms with E-state index in [2.05, 4.69) is 10.3 Å². The fourth-order valence-electron chi connectivity index (χ4n) is 2.84. The average molecular weight is 277 g/mol. The first-order chi connectivity index (χ1) is 9.65. The zero-order valence-corrected chi connectivity index (χ0v) is 11.3. The number of nitrogens with zero attached hydrogens (tertiary/aromatic N) is 3. The zero-order valence-electron chi connectivity index (χ0n) is 11.3. The van der Waals surface area contributed by atoms with E-state index in [0.29, 0.717) is 18.8 Å². The van der Waals surface area contributed by atoms with Crippen molar-refractivity contribution in [1.82, 2.24) is 14.5 Å². The predicted molar refractivity (Wildman–Crippen MR) is 73.2 cm³/mol. The lowest BCUT2D eigenvalue weighted by molar-refractivity contribution is -0.123. The van der Waals surface area contributed by atoms with Crippen molar-refractivity contribution in [3.05, 3.63) is 11.9 Å². The number of amides is 2. The first-order valence-corrected chi connectivity index (χ1v) is 7.05. The number of rotatable bonds is 2. The van der Waals surface area contributed by atoms with Crippen LogP contribution in [0.3, 0.4) is 0 Å². The van der Waals surface area contributed by atoms with E-state index >= 15 is 0 Å². The molecule has 1 atom stereocenters. The third-order valence-corrected chi connectivity index (χ3v) is 3.97. The number of imidazole rings is 1. The predicted octanol–water partition coefficient (Wildman–Crippen LogP) is 0.0362. The van der Waals surface area contributed by atoms with E-state index in [1.165, 1.54) is 0 Å². The molecule has 1 saturated heterocycles. The van der Waals surface area contributed by atoms with Gasteiger partial charge in [0, 0.05) is 32.4 Å². The molecule has 3 rings (SSSR count). The third-order valence-electron chi connectivity index (χ3n) is 3.97. The number of hydrogen-bond acceptors (Lipinski definition) is 4. The molecule has 0 radical (unpaired) electrons. The van der Waals surface area contributed by atoms with E-state index in [4.69, 9.17) is 5.73 Å². The second-order valence-electron chi connectivity index (χ2n) is 5.42. The standard InChI is InChI=1S/C13H19N5O2/c14-11(19)9-3-1-5-17(7-9)12(20)10-8-18-6-2-4-15-13(18)16-10/h8-9H,1-7H2,(H2,14,19)(H,15,16). The number of nitrogens with one attached hydrogen (secondary N) is 1. The van der Waals surface area contributed by atoms with Gasteiger partial charge < -0.3 is 20.5 Å². The molecule has 0 spiro atoms. The van der Waals surface area contributed by atoms with E-state index in [1.807, 2.05) is 4.57 Å². The number of piperidine rings is 1. The lowest BCUT2D eigenvalue weighted by Crippen LogP contribution is -2.44. The largest absolute Gasteiger partial charge is 0.369 e. The maximum atomic E-state index is 12.5. The SMILES string of the molecule is NC(=O)C1CCCN(C(=O)c2cn3c(n2)NCCC3)C1. The number of fused-ring (bicyclic) bond motifs is 1. The number of carbonyl (C=O) groups excluding carboxylic acids is 2. The first kappa shape index (κ1) is 13.0. The summed E-state index contributed by atoms with van der Waals surface area (Å²) in [6.07, 6.45) is 4.40. The summed E-state index contributed by atoms with van der Waals surface area (Å²) >= 11 is 0. The highest BCUT2D eigenvalue weighted by Gasteiger charge is 2.29. The smallest absolute Gasteiger partial charge is 0.274 e. The van der Waals surface area contributed by atoms with Crippen LogP contribution in [0.5, 0.6) is 0 Å². The maximum Gasteiger partial charge on any atom is 0.274 e. The Balaban J connectivity index is 1.75. The van der Waals surface area contributed by atoms with Gasteiger partial charge in [0.2, 0.25) is 11.9 Å². The molecule has 108 valence electrons. The van der Waals surface area contributed by atoms with Gasteiger partial charge in [-0.05, 0) is 19.3 Å². The van der Waals surface area contributed by atoms with Gasteiger partial charge >= 0.3 is 0 Å². The molecule has 1 aromatic rings. The van der Waals surface area contributed by atoms with Crippen molar-refractivity contribution in [2.45, 2.75) is 25.8 Å². The van der Waals surface area contributed by atoms with Crippen LogP contribution in [-0.2, 0) is 11.3 Å². The summed E-state index contributed by atoms with van der Waals surface area (Å²) in [4.78, 5) is 29.8. The van der Waals surface area contributed by atoms with Crippen LogP contribution in [0.25, 0.3) is 0 Å². The topological polar surface area (TPSA) is 93.3 Å². The Morgan fingerprint density at radius 1 is 1.35 bits per heavy atom. The minimum absolute atomic E-state index is 0.111. The molecule has 2 amide bonds. The quantitative estimate of drug-likeness (QED) is 0.798. The molecule has 0 saturated carbocycles.